The zero-order valence-electron chi connectivity index (χ0n) is 15.3. The van der Waals surface area contributed by atoms with Crippen molar-refractivity contribution in [2.75, 3.05) is 19.0 Å². The molecule has 1 N–H and O–H groups in total. The summed E-state index contributed by atoms with van der Waals surface area (Å²) in [5.41, 5.74) is 3.34. The molecule has 2 fully saturated rings. The normalized spacial score (nSPS) is 34.2. The molecule has 1 aliphatic carbocycles. The third-order valence-corrected chi connectivity index (χ3v) is 7.26. The highest BCUT2D eigenvalue weighted by Gasteiger charge is 2.68. The monoisotopic (exact) mass is 352 g/mol. The maximum Gasteiger partial charge on any atom is 0.335 e. The van der Waals surface area contributed by atoms with Gasteiger partial charge in [-0.05, 0) is 42.7 Å². The van der Waals surface area contributed by atoms with Crippen molar-refractivity contribution in [1.82, 2.24) is 4.90 Å². The predicted molar refractivity (Wildman–Crippen MR) is 97.5 cm³/mol. The Morgan fingerprint density at radius 1 is 1.35 bits per heavy atom. The van der Waals surface area contributed by atoms with Gasteiger partial charge in [-0.3, -0.25) is 4.79 Å². The van der Waals surface area contributed by atoms with Gasteiger partial charge in [-0.25, -0.2) is 4.79 Å². The van der Waals surface area contributed by atoms with E-state index in [1.807, 2.05) is 18.2 Å². The molecule has 1 aromatic carbocycles. The molecule has 0 bridgehead atoms. The second-order valence-electron chi connectivity index (χ2n) is 8.15. The Morgan fingerprint density at radius 3 is 2.92 bits per heavy atom. The molecular formula is C21H24N2O3. The fourth-order valence-electron chi connectivity index (χ4n) is 6.28. The number of nitrogens with zero attached hydrogens (tertiary/aromatic N) is 1. The topological polar surface area (TPSA) is 58.6 Å². The number of ether oxygens (including phenoxy) is 1. The van der Waals surface area contributed by atoms with Gasteiger partial charge in [0.25, 0.3) is 0 Å². The summed E-state index contributed by atoms with van der Waals surface area (Å²) in [6.45, 7) is 3.03. The molecule has 1 amide bonds. The number of methoxy groups -OCH3 is 1. The lowest BCUT2D eigenvalue weighted by atomic mass is 9.53. The van der Waals surface area contributed by atoms with Crippen molar-refractivity contribution in [1.29, 1.82) is 0 Å². The van der Waals surface area contributed by atoms with Gasteiger partial charge in [0, 0.05) is 24.4 Å². The van der Waals surface area contributed by atoms with E-state index in [0.29, 0.717) is 12.8 Å². The standard InChI is InChI=1S/C21H24N2O3/c1-3-20-9-6-10-23-16(24)12-21(19(20)23)14-7-4-5-8-15(14)22-17(21)13(11-20)18(25)26-2/h4-5,7-8,19,22H,3,6,9-12H2,1-2H3. The summed E-state index contributed by atoms with van der Waals surface area (Å²) in [4.78, 5) is 27.9. The molecule has 3 unspecified atom stereocenters. The lowest BCUT2D eigenvalue weighted by molar-refractivity contribution is -0.138. The van der Waals surface area contributed by atoms with Gasteiger partial charge in [0.2, 0.25) is 5.91 Å². The number of piperidine rings is 1. The third kappa shape index (κ3) is 1.67. The fraction of sp³-hybridized carbons (Fsp3) is 0.524. The Bertz CT molecular complexity index is 861. The van der Waals surface area contributed by atoms with Gasteiger partial charge in [-0.15, -0.1) is 0 Å². The number of carbonyl (C=O) groups is 2. The molecule has 3 heterocycles. The molecule has 136 valence electrons. The minimum atomic E-state index is -0.439. The first-order valence-electron chi connectivity index (χ1n) is 9.55. The summed E-state index contributed by atoms with van der Waals surface area (Å²) in [6, 6.07) is 8.34. The summed E-state index contributed by atoms with van der Waals surface area (Å²) in [6.07, 6.45) is 4.14. The summed E-state index contributed by atoms with van der Waals surface area (Å²) >= 11 is 0. The van der Waals surface area contributed by atoms with Crippen LogP contribution in [0.5, 0.6) is 0 Å². The first-order chi connectivity index (χ1) is 12.6. The summed E-state index contributed by atoms with van der Waals surface area (Å²) in [5, 5.41) is 3.51. The van der Waals surface area contributed by atoms with Crippen molar-refractivity contribution >= 4 is 17.6 Å². The molecule has 5 heteroatoms. The van der Waals surface area contributed by atoms with Crippen LogP contribution in [0.15, 0.2) is 35.5 Å². The Hall–Kier alpha value is -2.30. The van der Waals surface area contributed by atoms with E-state index < -0.39 is 5.41 Å². The van der Waals surface area contributed by atoms with Crippen molar-refractivity contribution in [3.05, 3.63) is 41.1 Å². The van der Waals surface area contributed by atoms with Crippen LogP contribution in [-0.4, -0.2) is 36.5 Å². The number of hydrogen-bond donors (Lipinski definition) is 1. The van der Waals surface area contributed by atoms with Gasteiger partial charge in [-0.1, -0.05) is 25.1 Å². The van der Waals surface area contributed by atoms with Crippen LogP contribution in [-0.2, 0) is 19.7 Å². The van der Waals surface area contributed by atoms with Crippen LogP contribution in [0, 0.1) is 5.41 Å². The van der Waals surface area contributed by atoms with Gasteiger partial charge in [0.05, 0.1) is 24.1 Å². The van der Waals surface area contributed by atoms with Crippen LogP contribution >= 0.6 is 0 Å². The van der Waals surface area contributed by atoms with Crippen molar-refractivity contribution in [3.63, 3.8) is 0 Å². The molecule has 4 aliphatic rings. The van der Waals surface area contributed by atoms with Crippen LogP contribution in [0.3, 0.4) is 0 Å². The Balaban J connectivity index is 1.84. The van der Waals surface area contributed by atoms with Crippen molar-refractivity contribution in [3.8, 4) is 0 Å². The number of esters is 1. The molecule has 0 aromatic heterocycles. The van der Waals surface area contributed by atoms with Crippen LogP contribution in [0.4, 0.5) is 5.69 Å². The van der Waals surface area contributed by atoms with E-state index in [0.717, 1.165) is 48.3 Å². The van der Waals surface area contributed by atoms with Crippen LogP contribution in [0.1, 0.15) is 44.6 Å². The fourth-order valence-corrected chi connectivity index (χ4v) is 6.28. The quantitative estimate of drug-likeness (QED) is 0.832. The van der Waals surface area contributed by atoms with Gasteiger partial charge in [0.1, 0.15) is 0 Å². The largest absolute Gasteiger partial charge is 0.466 e. The number of anilines is 1. The van der Waals surface area contributed by atoms with Crippen molar-refractivity contribution < 1.29 is 14.3 Å². The molecule has 5 rings (SSSR count). The highest BCUT2D eigenvalue weighted by molar-refractivity contribution is 5.96. The number of benzene rings is 1. The minimum absolute atomic E-state index is 0.0590. The van der Waals surface area contributed by atoms with Crippen molar-refractivity contribution in [2.45, 2.75) is 50.5 Å². The molecule has 0 saturated carbocycles. The maximum absolute atomic E-state index is 13.1. The first kappa shape index (κ1) is 15.9. The van der Waals surface area contributed by atoms with E-state index in [2.05, 4.69) is 23.2 Å². The number of rotatable bonds is 2. The molecule has 3 aliphatic heterocycles. The molecule has 1 aromatic rings. The average Bonchev–Trinajstić information content (AvgIpc) is 3.17. The minimum Gasteiger partial charge on any atom is -0.466 e. The highest BCUT2D eigenvalue weighted by atomic mass is 16.5. The summed E-state index contributed by atoms with van der Waals surface area (Å²) in [7, 11) is 1.45. The SMILES string of the molecule is CCC12CCCN3C(=O)CC4(C(=C(C(=O)OC)C1)Nc1ccccc14)C32. The average molecular weight is 352 g/mol. The van der Waals surface area contributed by atoms with E-state index in [4.69, 9.17) is 4.74 Å². The van der Waals surface area contributed by atoms with Crippen LogP contribution < -0.4 is 5.32 Å². The van der Waals surface area contributed by atoms with Gasteiger partial charge in [-0.2, -0.15) is 0 Å². The van der Waals surface area contributed by atoms with E-state index in [1.54, 1.807) is 0 Å². The van der Waals surface area contributed by atoms with Gasteiger partial charge < -0.3 is 15.0 Å². The molecule has 26 heavy (non-hydrogen) atoms. The molecule has 1 spiro atoms. The predicted octanol–water partition coefficient (Wildman–Crippen LogP) is 2.97. The van der Waals surface area contributed by atoms with E-state index in [-0.39, 0.29) is 23.3 Å². The molecular weight excluding hydrogens is 328 g/mol. The Kier molecular flexibility index (Phi) is 3.13. The summed E-state index contributed by atoms with van der Waals surface area (Å²) < 4.78 is 5.16. The lowest BCUT2D eigenvalue weighted by Gasteiger charge is -2.55. The molecule has 5 nitrogen and oxygen atoms in total. The number of amides is 1. The van der Waals surface area contributed by atoms with Crippen molar-refractivity contribution in [2.24, 2.45) is 5.41 Å². The number of fused-ring (bicyclic) bond motifs is 1. The maximum atomic E-state index is 13.1. The third-order valence-electron chi connectivity index (χ3n) is 7.26. The van der Waals surface area contributed by atoms with Crippen LogP contribution in [0.25, 0.3) is 0 Å². The smallest absolute Gasteiger partial charge is 0.335 e. The Labute approximate surface area is 153 Å². The van der Waals surface area contributed by atoms with E-state index in [1.165, 1.54) is 7.11 Å². The van der Waals surface area contributed by atoms with Gasteiger partial charge in [0.15, 0.2) is 0 Å². The number of hydrogen-bond acceptors (Lipinski definition) is 4. The Morgan fingerprint density at radius 2 is 2.15 bits per heavy atom. The molecule has 3 atom stereocenters. The number of carbonyl (C=O) groups excluding carboxylic acids is 2. The van der Waals surface area contributed by atoms with E-state index >= 15 is 0 Å². The lowest BCUT2D eigenvalue weighted by Crippen LogP contribution is -2.60. The number of nitrogens with one attached hydrogen (secondary N) is 1. The highest BCUT2D eigenvalue weighted by Crippen LogP contribution is 2.65. The van der Waals surface area contributed by atoms with Crippen LogP contribution in [0.2, 0.25) is 0 Å². The number of para-hydroxylation sites is 1. The van der Waals surface area contributed by atoms with Gasteiger partial charge >= 0.3 is 5.97 Å². The summed E-state index contributed by atoms with van der Waals surface area (Å²) in [5.74, 6) is -0.0444. The molecule has 0 radical (unpaired) electrons. The molecule has 2 saturated heterocycles. The zero-order chi connectivity index (χ0) is 18.1. The van der Waals surface area contributed by atoms with E-state index in [9.17, 15) is 9.59 Å². The zero-order valence-corrected chi connectivity index (χ0v) is 15.3. The second-order valence-corrected chi connectivity index (χ2v) is 8.15. The first-order valence-corrected chi connectivity index (χ1v) is 9.55. The second kappa shape index (κ2) is 5.12.